The van der Waals surface area contributed by atoms with Crippen molar-refractivity contribution in [2.45, 2.75) is 45.4 Å². The molecule has 180 valence electrons. The molecule has 2 heterocycles. The lowest BCUT2D eigenvalue weighted by molar-refractivity contribution is -0.134. The molecule has 1 aromatic carbocycles. The molecule has 0 bridgehead atoms. The van der Waals surface area contributed by atoms with Crippen LogP contribution in [-0.4, -0.2) is 51.1 Å². The van der Waals surface area contributed by atoms with Crippen LogP contribution in [-0.2, 0) is 16.1 Å². The van der Waals surface area contributed by atoms with Crippen LogP contribution in [0.25, 0.3) is 20.7 Å². The average molecular weight is 499 g/mol. The van der Waals surface area contributed by atoms with Gasteiger partial charge < -0.3 is 10.2 Å². The molecule has 0 unspecified atom stereocenters. The van der Waals surface area contributed by atoms with Crippen molar-refractivity contribution < 1.29 is 9.59 Å². The summed E-state index contributed by atoms with van der Waals surface area (Å²) >= 11 is 2.69. The highest BCUT2D eigenvalue weighted by molar-refractivity contribution is 7.99. The number of nitrogens with one attached hydrogen (secondary N) is 1. The molecule has 0 radical (unpaired) electrons. The fourth-order valence-corrected chi connectivity index (χ4v) is 5.74. The van der Waals surface area contributed by atoms with Gasteiger partial charge in [0.25, 0.3) is 5.56 Å². The van der Waals surface area contributed by atoms with Crippen molar-refractivity contribution in [3.63, 3.8) is 0 Å². The van der Waals surface area contributed by atoms with Gasteiger partial charge in [0.2, 0.25) is 11.8 Å². The second kappa shape index (κ2) is 11.5. The predicted octanol–water partition coefficient (Wildman–Crippen LogP) is 4.08. The maximum Gasteiger partial charge on any atom is 0.263 e. The predicted molar refractivity (Wildman–Crippen MR) is 141 cm³/mol. The topological polar surface area (TPSA) is 84.3 Å². The van der Waals surface area contributed by atoms with Crippen LogP contribution in [0.15, 0.2) is 52.9 Å². The van der Waals surface area contributed by atoms with E-state index in [2.05, 4.69) is 11.9 Å². The molecule has 0 atom stereocenters. The fraction of sp³-hybridized carbons (Fsp3) is 0.360. The molecular weight excluding hydrogens is 468 g/mol. The zero-order valence-electron chi connectivity index (χ0n) is 20.0. The molecule has 0 spiro atoms. The highest BCUT2D eigenvalue weighted by atomic mass is 32.2. The molecule has 0 aliphatic rings. The first-order chi connectivity index (χ1) is 16.3. The molecule has 0 aliphatic carbocycles. The van der Waals surface area contributed by atoms with Gasteiger partial charge in [0, 0.05) is 24.0 Å². The third-order valence-electron chi connectivity index (χ3n) is 5.21. The number of fused-ring (bicyclic) bond motifs is 1. The zero-order valence-corrected chi connectivity index (χ0v) is 21.6. The van der Waals surface area contributed by atoms with Crippen LogP contribution in [0.4, 0.5) is 0 Å². The molecule has 0 fully saturated rings. The van der Waals surface area contributed by atoms with Crippen molar-refractivity contribution in [1.82, 2.24) is 19.8 Å². The third kappa shape index (κ3) is 5.77. The number of carbonyl (C=O) groups excluding carboxylic acids is 2. The summed E-state index contributed by atoms with van der Waals surface area (Å²) in [6, 6.07) is 9.94. The number of hydrogen-bond acceptors (Lipinski definition) is 6. The number of allylic oxidation sites excluding steroid dienone is 1. The quantitative estimate of drug-likeness (QED) is 0.259. The Morgan fingerprint density at radius 2 is 2.00 bits per heavy atom. The van der Waals surface area contributed by atoms with Gasteiger partial charge in [-0.15, -0.1) is 17.9 Å². The summed E-state index contributed by atoms with van der Waals surface area (Å²) < 4.78 is 1.56. The highest BCUT2D eigenvalue weighted by Crippen LogP contribution is 2.36. The number of hydrogen-bond donors (Lipinski definition) is 1. The molecule has 3 aromatic rings. The van der Waals surface area contributed by atoms with Gasteiger partial charge in [-0.2, -0.15) is 0 Å². The van der Waals surface area contributed by atoms with Crippen LogP contribution >= 0.6 is 23.1 Å². The first-order valence-electron chi connectivity index (χ1n) is 11.2. The summed E-state index contributed by atoms with van der Waals surface area (Å²) in [5.74, 6) is -0.299. The Morgan fingerprint density at radius 1 is 1.29 bits per heavy atom. The van der Waals surface area contributed by atoms with E-state index in [4.69, 9.17) is 4.98 Å². The Kier molecular flexibility index (Phi) is 8.68. The number of nitrogens with zero attached hydrogens (tertiary/aromatic N) is 3. The van der Waals surface area contributed by atoms with Crippen LogP contribution in [0.3, 0.4) is 0 Å². The molecule has 2 aromatic heterocycles. The van der Waals surface area contributed by atoms with Gasteiger partial charge in [0.1, 0.15) is 4.83 Å². The van der Waals surface area contributed by atoms with E-state index in [-0.39, 0.29) is 35.7 Å². The minimum absolute atomic E-state index is 0.00452. The van der Waals surface area contributed by atoms with Crippen molar-refractivity contribution in [2.24, 2.45) is 0 Å². The lowest BCUT2D eigenvalue weighted by Gasteiger charge is -2.21. The third-order valence-corrected chi connectivity index (χ3v) is 7.40. The van der Waals surface area contributed by atoms with Gasteiger partial charge in [-0.25, -0.2) is 4.98 Å². The fourth-order valence-electron chi connectivity index (χ4n) is 3.60. The van der Waals surface area contributed by atoms with Gasteiger partial charge >= 0.3 is 0 Å². The van der Waals surface area contributed by atoms with E-state index in [9.17, 15) is 14.4 Å². The van der Waals surface area contributed by atoms with E-state index in [0.717, 1.165) is 16.0 Å². The maximum atomic E-state index is 13.4. The SMILES string of the molecule is C=CCn1c(SCC(=O)N(CC)CC(=O)NC(C)C)nc2sc(-c3ccccc3)c(C)c2c1=O. The number of thioether (sulfide) groups is 1. The number of rotatable bonds is 10. The first-order valence-corrected chi connectivity index (χ1v) is 13.0. The van der Waals surface area contributed by atoms with Gasteiger partial charge in [-0.05, 0) is 38.8 Å². The number of aryl methyl sites for hydroxylation is 1. The van der Waals surface area contributed by atoms with Crippen LogP contribution in [0.1, 0.15) is 26.3 Å². The van der Waals surface area contributed by atoms with Gasteiger partial charge in [0.05, 0.1) is 17.7 Å². The molecule has 0 saturated heterocycles. The largest absolute Gasteiger partial charge is 0.352 e. The Bertz CT molecular complexity index is 1250. The lowest BCUT2D eigenvalue weighted by Crippen LogP contribution is -2.43. The summed E-state index contributed by atoms with van der Waals surface area (Å²) in [5.41, 5.74) is 1.81. The number of likely N-dealkylation sites (N-methyl/N-ethyl adjacent to an activating group) is 1. The second-order valence-corrected chi connectivity index (χ2v) is 10.1. The Balaban J connectivity index is 1.90. The van der Waals surface area contributed by atoms with Crippen LogP contribution in [0.5, 0.6) is 0 Å². The van der Waals surface area contributed by atoms with Crippen molar-refractivity contribution in [2.75, 3.05) is 18.8 Å². The van der Waals surface area contributed by atoms with Crippen molar-refractivity contribution in [3.05, 3.63) is 58.9 Å². The van der Waals surface area contributed by atoms with E-state index >= 15 is 0 Å². The van der Waals surface area contributed by atoms with Crippen molar-refractivity contribution in [3.8, 4) is 10.4 Å². The second-order valence-electron chi connectivity index (χ2n) is 8.12. The Labute approximate surface area is 207 Å². The van der Waals surface area contributed by atoms with E-state index in [0.29, 0.717) is 28.5 Å². The number of aromatic nitrogens is 2. The Morgan fingerprint density at radius 3 is 2.62 bits per heavy atom. The molecule has 0 aliphatic heterocycles. The number of thiophene rings is 1. The van der Waals surface area contributed by atoms with Gasteiger partial charge in [-0.3, -0.25) is 19.0 Å². The molecule has 1 N–H and O–H groups in total. The minimum atomic E-state index is -0.194. The summed E-state index contributed by atoms with van der Waals surface area (Å²) in [4.78, 5) is 46.3. The number of amides is 2. The van der Waals surface area contributed by atoms with Gasteiger partial charge in [-0.1, -0.05) is 48.2 Å². The Hall–Kier alpha value is -2.91. The van der Waals surface area contributed by atoms with E-state index in [1.54, 1.807) is 10.6 Å². The smallest absolute Gasteiger partial charge is 0.263 e. The molecule has 34 heavy (non-hydrogen) atoms. The highest BCUT2D eigenvalue weighted by Gasteiger charge is 2.21. The van der Waals surface area contributed by atoms with Crippen LogP contribution in [0, 0.1) is 6.92 Å². The molecule has 3 rings (SSSR count). The lowest BCUT2D eigenvalue weighted by atomic mass is 10.1. The number of benzene rings is 1. The first kappa shape index (κ1) is 25.7. The summed E-state index contributed by atoms with van der Waals surface area (Å²) in [7, 11) is 0. The summed E-state index contributed by atoms with van der Waals surface area (Å²) in [6.45, 7) is 12.0. The molecular formula is C25H30N4O3S2. The maximum absolute atomic E-state index is 13.4. The zero-order chi connectivity index (χ0) is 24.8. The number of carbonyl (C=O) groups is 2. The van der Waals surface area contributed by atoms with E-state index in [1.165, 1.54) is 28.0 Å². The standard InChI is InChI=1S/C25H30N4O3S2/c1-6-13-29-24(32)21-17(5)22(18-11-9-8-10-12-18)34-23(21)27-25(29)33-15-20(31)28(7-2)14-19(30)26-16(3)4/h6,8-12,16H,1,7,13-15H2,2-5H3,(H,26,30). The summed E-state index contributed by atoms with van der Waals surface area (Å²) in [6.07, 6.45) is 1.65. The normalized spacial score (nSPS) is 11.1. The molecule has 7 nitrogen and oxygen atoms in total. The van der Waals surface area contributed by atoms with E-state index in [1.807, 2.05) is 58.0 Å². The van der Waals surface area contributed by atoms with Crippen molar-refractivity contribution in [1.29, 1.82) is 0 Å². The molecule has 2 amide bonds. The van der Waals surface area contributed by atoms with Crippen LogP contribution in [0.2, 0.25) is 0 Å². The van der Waals surface area contributed by atoms with Crippen LogP contribution < -0.4 is 10.9 Å². The minimum Gasteiger partial charge on any atom is -0.352 e. The van der Waals surface area contributed by atoms with Gasteiger partial charge in [0.15, 0.2) is 5.16 Å². The summed E-state index contributed by atoms with van der Waals surface area (Å²) in [5, 5.41) is 3.87. The molecule has 9 heteroatoms. The van der Waals surface area contributed by atoms with E-state index < -0.39 is 0 Å². The monoisotopic (exact) mass is 498 g/mol. The molecule has 0 saturated carbocycles. The van der Waals surface area contributed by atoms with Crippen molar-refractivity contribution >= 4 is 45.1 Å². The average Bonchev–Trinajstić information content (AvgIpc) is 3.14.